The molecule has 1 aliphatic heterocycles. The van der Waals surface area contributed by atoms with Crippen molar-refractivity contribution in [2.24, 2.45) is 0 Å². The van der Waals surface area contributed by atoms with Gasteiger partial charge in [-0.05, 0) is 32.0 Å². The summed E-state index contributed by atoms with van der Waals surface area (Å²) in [5.41, 5.74) is -1.34. The minimum atomic E-state index is -1.34. The third-order valence-corrected chi connectivity index (χ3v) is 4.57. The number of fused-ring (bicyclic) bond motifs is 1. The van der Waals surface area contributed by atoms with Crippen LogP contribution in [0.1, 0.15) is 20.8 Å². The number of benzene rings is 1. The van der Waals surface area contributed by atoms with Crippen LogP contribution in [0.15, 0.2) is 33.5 Å². The standard InChI is InChI=1S/C19H23NO8/c1-9(21)20-12-7-10-5-6-11(8-13(10)27-17(12)24)26-18-15(23)14(22)16(25-4)19(2,3)28-18/h5-8,14-16,18,22-23H,1-4H3,(H,20,21)/t14-,15?,16+,18+/m0/s1. The number of ether oxygens (including phenoxy) is 3. The Morgan fingerprint density at radius 2 is 1.93 bits per heavy atom. The van der Waals surface area contributed by atoms with E-state index in [1.807, 2.05) is 0 Å². The minimum absolute atomic E-state index is 0.0372. The second-order valence-electron chi connectivity index (χ2n) is 7.17. The lowest BCUT2D eigenvalue weighted by Crippen LogP contribution is -2.63. The Labute approximate surface area is 160 Å². The first-order valence-electron chi connectivity index (χ1n) is 8.71. The lowest BCUT2D eigenvalue weighted by molar-refractivity contribution is -0.305. The molecule has 1 amide bonds. The van der Waals surface area contributed by atoms with Gasteiger partial charge < -0.3 is 34.2 Å². The van der Waals surface area contributed by atoms with Gasteiger partial charge in [-0.3, -0.25) is 4.79 Å². The van der Waals surface area contributed by atoms with Crippen molar-refractivity contribution in [3.63, 3.8) is 0 Å². The van der Waals surface area contributed by atoms with Crippen molar-refractivity contribution in [3.05, 3.63) is 34.7 Å². The minimum Gasteiger partial charge on any atom is -0.462 e. The van der Waals surface area contributed by atoms with E-state index in [9.17, 15) is 19.8 Å². The molecule has 1 saturated heterocycles. The van der Waals surface area contributed by atoms with Gasteiger partial charge in [0.25, 0.3) is 0 Å². The van der Waals surface area contributed by atoms with Gasteiger partial charge in [-0.25, -0.2) is 4.79 Å². The highest BCUT2D eigenvalue weighted by molar-refractivity contribution is 5.91. The Hall–Kier alpha value is -2.46. The number of anilines is 1. The van der Waals surface area contributed by atoms with Crippen LogP contribution in [-0.4, -0.2) is 53.4 Å². The van der Waals surface area contributed by atoms with Gasteiger partial charge in [0.2, 0.25) is 12.2 Å². The maximum atomic E-state index is 12.0. The van der Waals surface area contributed by atoms with E-state index in [1.165, 1.54) is 26.2 Å². The predicted molar refractivity (Wildman–Crippen MR) is 99.2 cm³/mol. The van der Waals surface area contributed by atoms with Gasteiger partial charge in [0.1, 0.15) is 35.3 Å². The van der Waals surface area contributed by atoms with Gasteiger partial charge in [0.05, 0.1) is 5.60 Å². The van der Waals surface area contributed by atoms with E-state index in [0.29, 0.717) is 5.39 Å². The molecule has 0 radical (unpaired) electrons. The molecule has 0 bridgehead atoms. The molecule has 0 aliphatic carbocycles. The molecular formula is C19H23NO8. The van der Waals surface area contributed by atoms with E-state index in [1.54, 1.807) is 26.0 Å². The summed E-state index contributed by atoms with van der Waals surface area (Å²) in [4.78, 5) is 23.1. The van der Waals surface area contributed by atoms with Crippen LogP contribution < -0.4 is 15.7 Å². The molecule has 152 valence electrons. The number of rotatable bonds is 4. The molecular weight excluding hydrogens is 370 g/mol. The normalized spacial score (nSPS) is 26.8. The fourth-order valence-corrected chi connectivity index (χ4v) is 3.28. The molecule has 1 aromatic carbocycles. The van der Waals surface area contributed by atoms with Crippen LogP contribution in [0.2, 0.25) is 0 Å². The summed E-state index contributed by atoms with van der Waals surface area (Å²) in [5, 5.41) is 23.6. The van der Waals surface area contributed by atoms with Crippen molar-refractivity contribution < 1.29 is 33.6 Å². The van der Waals surface area contributed by atoms with Crippen LogP contribution in [0.5, 0.6) is 5.75 Å². The Bertz CT molecular complexity index is 937. The topological polar surface area (TPSA) is 127 Å². The van der Waals surface area contributed by atoms with Crippen molar-refractivity contribution in [1.29, 1.82) is 0 Å². The van der Waals surface area contributed by atoms with Crippen molar-refractivity contribution in [2.45, 2.75) is 51.0 Å². The van der Waals surface area contributed by atoms with Gasteiger partial charge >= 0.3 is 5.63 Å². The number of amides is 1. The molecule has 28 heavy (non-hydrogen) atoms. The first kappa shape index (κ1) is 20.3. The number of methoxy groups -OCH3 is 1. The van der Waals surface area contributed by atoms with Gasteiger partial charge in [-0.15, -0.1) is 0 Å². The molecule has 1 unspecified atom stereocenters. The Morgan fingerprint density at radius 1 is 1.21 bits per heavy atom. The number of aliphatic hydroxyl groups excluding tert-OH is 2. The van der Waals surface area contributed by atoms with Crippen LogP contribution in [0.25, 0.3) is 11.0 Å². The highest BCUT2D eigenvalue weighted by Gasteiger charge is 2.50. The lowest BCUT2D eigenvalue weighted by Gasteiger charge is -2.46. The molecule has 3 N–H and O–H groups in total. The fourth-order valence-electron chi connectivity index (χ4n) is 3.28. The quantitative estimate of drug-likeness (QED) is 0.657. The lowest BCUT2D eigenvalue weighted by atomic mass is 9.89. The van der Waals surface area contributed by atoms with Crippen molar-refractivity contribution in [2.75, 3.05) is 12.4 Å². The van der Waals surface area contributed by atoms with Gasteiger partial charge in [0, 0.05) is 25.5 Å². The molecule has 1 aromatic heterocycles. The summed E-state index contributed by atoms with van der Waals surface area (Å²) in [6, 6.07) is 6.19. The molecule has 0 spiro atoms. The van der Waals surface area contributed by atoms with E-state index >= 15 is 0 Å². The Morgan fingerprint density at radius 3 is 2.57 bits per heavy atom. The number of hydrogen-bond acceptors (Lipinski definition) is 8. The summed E-state index contributed by atoms with van der Waals surface area (Å²) >= 11 is 0. The molecule has 4 atom stereocenters. The van der Waals surface area contributed by atoms with Crippen molar-refractivity contribution >= 4 is 22.6 Å². The molecule has 9 nitrogen and oxygen atoms in total. The monoisotopic (exact) mass is 393 g/mol. The number of carbonyl (C=O) groups excluding carboxylic acids is 1. The number of aliphatic hydroxyl groups is 2. The summed E-state index contributed by atoms with van der Waals surface area (Å²) in [7, 11) is 1.42. The molecule has 3 rings (SSSR count). The maximum Gasteiger partial charge on any atom is 0.360 e. The van der Waals surface area contributed by atoms with Crippen molar-refractivity contribution in [1.82, 2.24) is 0 Å². The summed E-state index contributed by atoms with van der Waals surface area (Å²) in [5.74, 6) is -0.114. The van der Waals surface area contributed by atoms with Crippen LogP contribution >= 0.6 is 0 Å². The third-order valence-electron chi connectivity index (χ3n) is 4.57. The molecule has 1 aliphatic rings. The maximum absolute atomic E-state index is 12.0. The predicted octanol–water partition coefficient (Wildman–Crippen LogP) is 1.00. The van der Waals surface area contributed by atoms with Crippen LogP contribution in [0.3, 0.4) is 0 Å². The highest BCUT2D eigenvalue weighted by atomic mass is 16.7. The second-order valence-corrected chi connectivity index (χ2v) is 7.17. The van der Waals surface area contributed by atoms with Gasteiger partial charge in [-0.2, -0.15) is 0 Å². The molecule has 2 aromatic rings. The van der Waals surface area contributed by atoms with Crippen molar-refractivity contribution in [3.8, 4) is 5.75 Å². The number of carbonyl (C=O) groups is 1. The second kappa shape index (κ2) is 7.51. The van der Waals surface area contributed by atoms with E-state index in [-0.39, 0.29) is 22.9 Å². The van der Waals surface area contributed by atoms with Crippen LogP contribution in [0.4, 0.5) is 5.69 Å². The van der Waals surface area contributed by atoms with E-state index < -0.39 is 35.8 Å². The fraction of sp³-hybridized carbons (Fsp3) is 0.474. The zero-order valence-electron chi connectivity index (χ0n) is 16.0. The zero-order valence-corrected chi connectivity index (χ0v) is 16.0. The molecule has 1 fully saturated rings. The van der Waals surface area contributed by atoms with Gasteiger partial charge in [-0.1, -0.05) is 0 Å². The SMILES string of the molecule is CO[C@@H]1[C@@H](O)C(O)[C@H](Oc2ccc3cc(NC(C)=O)c(=O)oc3c2)OC1(C)C. The summed E-state index contributed by atoms with van der Waals surface area (Å²) in [6.45, 7) is 4.73. The van der Waals surface area contributed by atoms with E-state index in [0.717, 1.165) is 0 Å². The van der Waals surface area contributed by atoms with E-state index in [4.69, 9.17) is 18.6 Å². The molecule has 2 heterocycles. The van der Waals surface area contributed by atoms with E-state index in [2.05, 4.69) is 5.32 Å². The number of hydrogen-bond donors (Lipinski definition) is 3. The molecule has 0 saturated carbocycles. The number of nitrogens with one attached hydrogen (secondary N) is 1. The zero-order chi connectivity index (χ0) is 20.6. The van der Waals surface area contributed by atoms with Crippen LogP contribution in [-0.2, 0) is 14.3 Å². The molecule has 9 heteroatoms. The van der Waals surface area contributed by atoms with Gasteiger partial charge in [0.15, 0.2) is 0 Å². The van der Waals surface area contributed by atoms with Crippen LogP contribution in [0, 0.1) is 0 Å². The Balaban J connectivity index is 1.86. The first-order chi connectivity index (χ1) is 13.1. The first-order valence-corrected chi connectivity index (χ1v) is 8.71. The summed E-state index contributed by atoms with van der Waals surface area (Å²) < 4.78 is 21.9. The summed E-state index contributed by atoms with van der Waals surface area (Å²) in [6.07, 6.45) is -4.44. The smallest absolute Gasteiger partial charge is 0.360 e. The average molecular weight is 393 g/mol. The average Bonchev–Trinajstić information content (AvgIpc) is 2.60. The largest absolute Gasteiger partial charge is 0.462 e. The highest BCUT2D eigenvalue weighted by Crippen LogP contribution is 2.33. The Kier molecular flexibility index (Phi) is 5.44. The third kappa shape index (κ3) is 3.88.